The molecule has 0 saturated carbocycles. The first kappa shape index (κ1) is 58.3. The zero-order valence-electron chi connectivity index (χ0n) is 39.7. The SMILES string of the molecule is CCCCCCC/C=C\C/C=C\CCCCCCCCCCCCCC(=O)OC(CCCCCCCCCCCC)CCCCCCCC(=O)NCC(=O)NC(CO)C(=O)O. The molecule has 0 aromatic heterocycles. The van der Waals surface area contributed by atoms with Crippen LogP contribution in [-0.4, -0.2) is 59.3 Å². The van der Waals surface area contributed by atoms with Gasteiger partial charge in [0.2, 0.25) is 11.8 Å². The van der Waals surface area contributed by atoms with Crippen LogP contribution in [0.2, 0.25) is 0 Å². The number of hydrogen-bond donors (Lipinski definition) is 4. The first-order valence-corrected chi connectivity index (χ1v) is 25.7. The van der Waals surface area contributed by atoms with E-state index in [1.54, 1.807) is 0 Å². The predicted octanol–water partition coefficient (Wildman–Crippen LogP) is 13.6. The molecular formula is C52H96N2O7. The van der Waals surface area contributed by atoms with Crippen molar-refractivity contribution in [1.82, 2.24) is 10.6 Å². The van der Waals surface area contributed by atoms with Gasteiger partial charge in [0.1, 0.15) is 12.1 Å². The Balaban J connectivity index is 4.13. The number of nitrogens with one attached hydrogen (secondary N) is 2. The highest BCUT2D eigenvalue weighted by Gasteiger charge is 2.19. The number of allylic oxidation sites excluding steroid dienone is 4. The summed E-state index contributed by atoms with van der Waals surface area (Å²) in [5, 5.41) is 22.6. The zero-order valence-corrected chi connectivity index (χ0v) is 39.7. The quantitative estimate of drug-likeness (QED) is 0.0271. The maximum Gasteiger partial charge on any atom is 0.328 e. The van der Waals surface area contributed by atoms with E-state index in [-0.39, 0.29) is 24.5 Å². The van der Waals surface area contributed by atoms with E-state index in [1.807, 2.05) is 0 Å². The third-order valence-electron chi connectivity index (χ3n) is 11.7. The lowest BCUT2D eigenvalue weighted by molar-refractivity contribution is -0.150. The van der Waals surface area contributed by atoms with Gasteiger partial charge in [-0.2, -0.15) is 0 Å². The van der Waals surface area contributed by atoms with Crippen LogP contribution in [0.15, 0.2) is 24.3 Å². The molecule has 0 bridgehead atoms. The van der Waals surface area contributed by atoms with Gasteiger partial charge in [-0.1, -0.05) is 199 Å². The Bertz CT molecular complexity index is 1080. The molecule has 4 N–H and O–H groups in total. The van der Waals surface area contributed by atoms with Crippen molar-refractivity contribution in [3.8, 4) is 0 Å². The van der Waals surface area contributed by atoms with Crippen LogP contribution in [-0.2, 0) is 23.9 Å². The highest BCUT2D eigenvalue weighted by Crippen LogP contribution is 2.19. The number of unbranched alkanes of at least 4 members (excludes halogenated alkanes) is 29. The first-order valence-electron chi connectivity index (χ1n) is 25.7. The molecule has 9 nitrogen and oxygen atoms in total. The minimum Gasteiger partial charge on any atom is -0.480 e. The van der Waals surface area contributed by atoms with Crippen molar-refractivity contribution in [2.75, 3.05) is 13.2 Å². The number of carbonyl (C=O) groups excluding carboxylic acids is 3. The number of hydrogen-bond acceptors (Lipinski definition) is 6. The van der Waals surface area contributed by atoms with Crippen LogP contribution in [0.1, 0.15) is 258 Å². The standard InChI is InChI=1S/C52H96N2O7/c1-3-5-7-9-11-13-15-16-17-18-19-20-21-22-23-24-25-26-27-29-31-36-40-44-51(58)61-47(41-37-33-30-28-14-12-10-8-6-4-2)42-38-34-32-35-39-43-49(56)53-45-50(57)54-48(46-55)52(59)60/h15-16,18-19,47-48,55H,3-14,17,20-46H2,1-2H3,(H,53,56)(H,54,57)(H,59,60)/b16-15-,19-18-. The zero-order chi connectivity index (χ0) is 44.7. The molecule has 0 saturated heterocycles. The Hall–Kier alpha value is -2.68. The number of amides is 2. The van der Waals surface area contributed by atoms with E-state index in [0.29, 0.717) is 19.3 Å². The fourth-order valence-electron chi connectivity index (χ4n) is 7.75. The van der Waals surface area contributed by atoms with E-state index in [1.165, 1.54) is 161 Å². The summed E-state index contributed by atoms with van der Waals surface area (Å²) in [6.45, 7) is 3.49. The second-order valence-corrected chi connectivity index (χ2v) is 17.6. The molecule has 0 spiro atoms. The maximum atomic E-state index is 12.9. The number of rotatable bonds is 47. The van der Waals surface area contributed by atoms with E-state index in [0.717, 1.165) is 64.2 Å². The van der Waals surface area contributed by atoms with Gasteiger partial charge < -0.3 is 25.6 Å². The van der Waals surface area contributed by atoms with Crippen LogP contribution in [0.4, 0.5) is 0 Å². The van der Waals surface area contributed by atoms with Crippen molar-refractivity contribution < 1.29 is 34.1 Å². The summed E-state index contributed by atoms with van der Waals surface area (Å²) in [7, 11) is 0. The van der Waals surface area contributed by atoms with Crippen LogP contribution < -0.4 is 10.6 Å². The van der Waals surface area contributed by atoms with Gasteiger partial charge in [-0.3, -0.25) is 14.4 Å². The number of aliphatic hydroxyl groups is 1. The van der Waals surface area contributed by atoms with Crippen LogP contribution in [0, 0.1) is 0 Å². The number of esters is 1. The monoisotopic (exact) mass is 861 g/mol. The summed E-state index contributed by atoms with van der Waals surface area (Å²) in [6, 6.07) is -1.38. The van der Waals surface area contributed by atoms with Crippen molar-refractivity contribution in [2.45, 2.75) is 270 Å². The fraction of sp³-hybridized carbons (Fsp3) is 0.846. The molecule has 9 heteroatoms. The molecule has 0 aromatic carbocycles. The number of carbonyl (C=O) groups is 4. The highest BCUT2D eigenvalue weighted by atomic mass is 16.5. The molecule has 0 fully saturated rings. The van der Waals surface area contributed by atoms with Gasteiger partial charge in [-0.25, -0.2) is 4.79 Å². The molecule has 2 amide bonds. The van der Waals surface area contributed by atoms with Crippen molar-refractivity contribution in [1.29, 1.82) is 0 Å². The summed E-state index contributed by atoms with van der Waals surface area (Å²) >= 11 is 0. The molecule has 0 aliphatic heterocycles. The molecular weight excluding hydrogens is 765 g/mol. The Kier molecular flexibility index (Phi) is 44.8. The van der Waals surface area contributed by atoms with E-state index in [4.69, 9.17) is 14.9 Å². The minimum atomic E-state index is -1.38. The Morgan fingerprint density at radius 3 is 1.31 bits per heavy atom. The summed E-state index contributed by atoms with van der Waals surface area (Å²) in [6.07, 6.45) is 53.6. The van der Waals surface area contributed by atoms with E-state index in [9.17, 15) is 19.2 Å². The summed E-state index contributed by atoms with van der Waals surface area (Å²) in [4.78, 5) is 47.7. The first-order chi connectivity index (χ1) is 29.8. The van der Waals surface area contributed by atoms with E-state index < -0.39 is 24.5 Å². The largest absolute Gasteiger partial charge is 0.480 e. The molecule has 0 heterocycles. The molecule has 0 rings (SSSR count). The molecule has 2 unspecified atom stereocenters. The van der Waals surface area contributed by atoms with Gasteiger partial charge in [0, 0.05) is 12.8 Å². The van der Waals surface area contributed by atoms with Crippen LogP contribution in [0.3, 0.4) is 0 Å². The average molecular weight is 861 g/mol. The van der Waals surface area contributed by atoms with Crippen LogP contribution >= 0.6 is 0 Å². The Morgan fingerprint density at radius 2 is 0.885 bits per heavy atom. The summed E-state index contributed by atoms with van der Waals surface area (Å²) in [5.41, 5.74) is 0. The van der Waals surface area contributed by atoms with Gasteiger partial charge in [0.05, 0.1) is 13.2 Å². The highest BCUT2D eigenvalue weighted by molar-refractivity contribution is 5.87. The topological polar surface area (TPSA) is 142 Å². The van der Waals surface area contributed by atoms with Crippen molar-refractivity contribution in [2.24, 2.45) is 0 Å². The maximum absolute atomic E-state index is 12.9. The molecule has 0 aromatic rings. The number of ether oxygens (including phenoxy) is 1. The van der Waals surface area contributed by atoms with Gasteiger partial charge >= 0.3 is 11.9 Å². The van der Waals surface area contributed by atoms with Gasteiger partial charge in [-0.15, -0.1) is 0 Å². The normalized spacial score (nSPS) is 12.6. The number of carboxylic acids is 1. The lowest BCUT2D eigenvalue weighted by atomic mass is 10.0. The van der Waals surface area contributed by atoms with Crippen LogP contribution in [0.5, 0.6) is 0 Å². The molecule has 61 heavy (non-hydrogen) atoms. The number of carboxylic acid groups (broad SMARTS) is 1. The molecule has 0 aliphatic rings. The van der Waals surface area contributed by atoms with Gasteiger partial charge in [-0.05, 0) is 70.6 Å². The average Bonchev–Trinajstić information content (AvgIpc) is 3.25. The van der Waals surface area contributed by atoms with Gasteiger partial charge in [0.25, 0.3) is 0 Å². The Labute approximate surface area is 374 Å². The molecule has 0 radical (unpaired) electrons. The van der Waals surface area contributed by atoms with Crippen molar-refractivity contribution >= 4 is 23.8 Å². The number of aliphatic hydroxyl groups excluding tert-OH is 1. The summed E-state index contributed by atoms with van der Waals surface area (Å²) < 4.78 is 6.06. The smallest absolute Gasteiger partial charge is 0.328 e. The third kappa shape index (κ3) is 43.8. The number of aliphatic carboxylic acids is 1. The van der Waals surface area contributed by atoms with E-state index in [2.05, 4.69) is 48.8 Å². The lowest BCUT2D eigenvalue weighted by Crippen LogP contribution is -2.47. The lowest BCUT2D eigenvalue weighted by Gasteiger charge is -2.18. The Morgan fingerprint density at radius 1 is 0.492 bits per heavy atom. The predicted molar refractivity (Wildman–Crippen MR) is 255 cm³/mol. The molecule has 0 aliphatic carbocycles. The third-order valence-corrected chi connectivity index (χ3v) is 11.7. The molecule has 356 valence electrons. The van der Waals surface area contributed by atoms with E-state index >= 15 is 0 Å². The second-order valence-electron chi connectivity index (χ2n) is 17.6. The van der Waals surface area contributed by atoms with Gasteiger partial charge in [0.15, 0.2) is 0 Å². The molecule has 2 atom stereocenters. The second kappa shape index (κ2) is 46.8. The fourth-order valence-corrected chi connectivity index (χ4v) is 7.75. The van der Waals surface area contributed by atoms with Crippen LogP contribution in [0.25, 0.3) is 0 Å². The van der Waals surface area contributed by atoms with Crippen molar-refractivity contribution in [3.05, 3.63) is 24.3 Å². The summed E-state index contributed by atoms with van der Waals surface area (Å²) in [5.74, 6) is -2.28. The minimum absolute atomic E-state index is 0.0107. The van der Waals surface area contributed by atoms with Crippen molar-refractivity contribution in [3.63, 3.8) is 0 Å².